The van der Waals surface area contributed by atoms with Crippen LogP contribution in [0.4, 0.5) is 18.9 Å². The van der Waals surface area contributed by atoms with Gasteiger partial charge in [-0.2, -0.15) is 25.9 Å². The number of carbonyl (C=O) groups excluding carboxylic acids is 2. The molecular weight excluding hydrogens is 479 g/mol. The lowest BCUT2D eigenvalue weighted by atomic mass is 9.99. The molecule has 1 amide bonds. The molecule has 0 radical (unpaired) electrons. The highest BCUT2D eigenvalue weighted by atomic mass is 32.2. The summed E-state index contributed by atoms with van der Waals surface area (Å²) in [6, 6.07) is 6.23. The van der Waals surface area contributed by atoms with Crippen molar-refractivity contribution in [2.45, 2.75) is 32.6 Å². The van der Waals surface area contributed by atoms with E-state index in [9.17, 15) is 36.0 Å². The molecule has 0 fully saturated rings. The molecule has 34 heavy (non-hydrogen) atoms. The van der Waals surface area contributed by atoms with Gasteiger partial charge in [-0.1, -0.05) is 44.2 Å². The van der Waals surface area contributed by atoms with Crippen molar-refractivity contribution in [1.82, 2.24) is 19.2 Å². The number of alkyl halides is 3. The number of nitrogens with zero attached hydrogens (tertiary/aromatic N) is 3. The van der Waals surface area contributed by atoms with Gasteiger partial charge in [0.25, 0.3) is 11.3 Å². The molecule has 14 heteroatoms. The molecule has 186 valence electrons. The summed E-state index contributed by atoms with van der Waals surface area (Å²) in [6.07, 6.45) is -4.19. The predicted molar refractivity (Wildman–Crippen MR) is 118 cm³/mol. The molecule has 1 aromatic carbocycles. The lowest BCUT2D eigenvalue weighted by Crippen LogP contribution is -2.51. The van der Waals surface area contributed by atoms with Crippen LogP contribution in [0, 0.1) is 5.92 Å². The van der Waals surface area contributed by atoms with Crippen molar-refractivity contribution < 1.29 is 31.2 Å². The van der Waals surface area contributed by atoms with Crippen LogP contribution in [0.3, 0.4) is 0 Å². The summed E-state index contributed by atoms with van der Waals surface area (Å²) in [5, 5.41) is 2.02. The van der Waals surface area contributed by atoms with E-state index in [1.54, 1.807) is 30.3 Å². The summed E-state index contributed by atoms with van der Waals surface area (Å²) in [5.41, 5.74) is -1.05. The number of halogens is 3. The monoisotopic (exact) mass is 503 g/mol. The third-order valence-corrected chi connectivity index (χ3v) is 6.08. The first-order valence-corrected chi connectivity index (χ1v) is 11.3. The quantitative estimate of drug-likeness (QED) is 0.532. The van der Waals surface area contributed by atoms with Crippen LogP contribution in [-0.2, 0) is 26.3 Å². The van der Waals surface area contributed by atoms with Gasteiger partial charge in [0, 0.05) is 19.7 Å². The Bertz CT molecular complexity index is 1210. The summed E-state index contributed by atoms with van der Waals surface area (Å²) in [4.78, 5) is 41.5. The SMILES string of the molecule is CC(C)C(NC(=O)Cn1c(-c2ccccc2)ncc(NS(=O)(=O)N(C)C)c1=O)C(=O)C(F)(F)F. The average Bonchev–Trinajstić information content (AvgIpc) is 2.74. The topological polar surface area (TPSA) is 130 Å². The maximum Gasteiger partial charge on any atom is 0.452 e. The Hall–Kier alpha value is -3.26. The molecule has 0 saturated carbocycles. The summed E-state index contributed by atoms with van der Waals surface area (Å²) in [6.45, 7) is 1.84. The predicted octanol–water partition coefficient (Wildman–Crippen LogP) is 1.40. The number of benzene rings is 1. The highest BCUT2D eigenvalue weighted by molar-refractivity contribution is 7.90. The van der Waals surface area contributed by atoms with Gasteiger partial charge in [-0.05, 0) is 5.92 Å². The third kappa shape index (κ3) is 6.41. The molecule has 0 aliphatic rings. The number of hydrogen-bond acceptors (Lipinski definition) is 6. The number of amides is 1. The lowest BCUT2D eigenvalue weighted by Gasteiger charge is -2.23. The summed E-state index contributed by atoms with van der Waals surface area (Å²) >= 11 is 0. The zero-order valence-corrected chi connectivity index (χ0v) is 19.6. The minimum absolute atomic E-state index is 0.0307. The van der Waals surface area contributed by atoms with Crippen LogP contribution in [0.5, 0.6) is 0 Å². The van der Waals surface area contributed by atoms with Crippen LogP contribution in [0.1, 0.15) is 13.8 Å². The maximum absolute atomic E-state index is 13.1. The van der Waals surface area contributed by atoms with Crippen LogP contribution in [0.15, 0.2) is 41.3 Å². The van der Waals surface area contributed by atoms with E-state index in [4.69, 9.17) is 0 Å². The van der Waals surface area contributed by atoms with Gasteiger partial charge in [-0.3, -0.25) is 23.7 Å². The van der Waals surface area contributed by atoms with Gasteiger partial charge in [-0.15, -0.1) is 0 Å². The number of rotatable bonds is 9. The van der Waals surface area contributed by atoms with E-state index in [-0.39, 0.29) is 5.82 Å². The van der Waals surface area contributed by atoms with Crippen LogP contribution in [-0.4, -0.2) is 60.3 Å². The van der Waals surface area contributed by atoms with Gasteiger partial charge in [0.2, 0.25) is 5.91 Å². The third-order valence-electron chi connectivity index (χ3n) is 4.65. The molecule has 0 aliphatic heterocycles. The Morgan fingerprint density at radius 3 is 2.24 bits per heavy atom. The molecule has 2 rings (SSSR count). The molecule has 1 heterocycles. The van der Waals surface area contributed by atoms with Gasteiger partial charge in [0.1, 0.15) is 18.1 Å². The molecule has 1 atom stereocenters. The first-order chi connectivity index (χ1) is 15.6. The minimum Gasteiger partial charge on any atom is -0.344 e. The number of nitrogens with one attached hydrogen (secondary N) is 2. The molecule has 1 aromatic heterocycles. The van der Waals surface area contributed by atoms with Crippen molar-refractivity contribution in [1.29, 1.82) is 0 Å². The van der Waals surface area contributed by atoms with E-state index in [1.165, 1.54) is 27.9 Å². The van der Waals surface area contributed by atoms with E-state index in [1.807, 2.05) is 10.0 Å². The zero-order chi connectivity index (χ0) is 25.8. The van der Waals surface area contributed by atoms with Gasteiger partial charge in [0.05, 0.1) is 12.2 Å². The molecule has 0 bridgehead atoms. The standard InChI is InChI=1S/C20H24F3N5O5S/c1-12(2)16(17(30)20(21,22)23)25-15(29)11-28-18(13-8-6-5-7-9-13)24-10-14(19(28)31)26-34(32,33)27(3)4/h5-10,12,16,26H,11H2,1-4H3,(H,25,29). The smallest absolute Gasteiger partial charge is 0.344 e. The largest absolute Gasteiger partial charge is 0.452 e. The summed E-state index contributed by atoms with van der Waals surface area (Å²) in [5.74, 6) is -4.11. The molecule has 0 saturated heterocycles. The fraction of sp³-hybridized carbons (Fsp3) is 0.400. The van der Waals surface area contributed by atoms with Crippen LogP contribution in [0.2, 0.25) is 0 Å². The van der Waals surface area contributed by atoms with Crippen LogP contribution < -0.4 is 15.6 Å². The first kappa shape index (κ1) is 27.0. The van der Waals surface area contributed by atoms with Crippen molar-refractivity contribution >= 4 is 27.6 Å². The van der Waals surface area contributed by atoms with Crippen LogP contribution in [0.25, 0.3) is 11.4 Å². The van der Waals surface area contributed by atoms with Crippen LogP contribution >= 0.6 is 0 Å². The Labute approximate surface area is 194 Å². The highest BCUT2D eigenvalue weighted by Crippen LogP contribution is 2.21. The van der Waals surface area contributed by atoms with Gasteiger partial charge in [-0.25, -0.2) is 4.98 Å². The van der Waals surface area contributed by atoms with Gasteiger partial charge < -0.3 is 5.32 Å². The van der Waals surface area contributed by atoms with Crippen molar-refractivity contribution in [3.05, 3.63) is 46.9 Å². The van der Waals surface area contributed by atoms with E-state index in [0.717, 1.165) is 15.1 Å². The van der Waals surface area contributed by atoms with Gasteiger partial charge >= 0.3 is 16.4 Å². The molecule has 2 aromatic rings. The van der Waals surface area contributed by atoms with E-state index < -0.39 is 57.8 Å². The fourth-order valence-electron chi connectivity index (χ4n) is 2.83. The molecule has 2 N–H and O–H groups in total. The molecular formula is C20H24F3N5O5S. The average molecular weight is 504 g/mol. The Morgan fingerprint density at radius 2 is 1.74 bits per heavy atom. The summed E-state index contributed by atoms with van der Waals surface area (Å²) in [7, 11) is -1.64. The van der Waals surface area contributed by atoms with Crippen molar-refractivity contribution in [2.75, 3.05) is 18.8 Å². The Kier molecular flexibility index (Phi) is 8.21. The first-order valence-electron chi connectivity index (χ1n) is 9.91. The molecule has 0 aliphatic carbocycles. The number of hydrogen-bond donors (Lipinski definition) is 2. The Morgan fingerprint density at radius 1 is 1.15 bits per heavy atom. The normalized spacial score (nSPS) is 13.1. The number of anilines is 1. The van der Waals surface area contributed by atoms with E-state index in [2.05, 4.69) is 4.98 Å². The van der Waals surface area contributed by atoms with Gasteiger partial charge in [0.15, 0.2) is 0 Å². The lowest BCUT2D eigenvalue weighted by molar-refractivity contribution is -0.174. The zero-order valence-electron chi connectivity index (χ0n) is 18.8. The van der Waals surface area contributed by atoms with E-state index >= 15 is 0 Å². The number of carbonyl (C=O) groups is 2. The maximum atomic E-state index is 13.1. The number of ketones is 1. The van der Waals surface area contributed by atoms with E-state index in [0.29, 0.717) is 5.56 Å². The molecule has 10 nitrogen and oxygen atoms in total. The minimum atomic E-state index is -5.17. The second kappa shape index (κ2) is 10.3. The number of aromatic nitrogens is 2. The number of Topliss-reactive ketones (excluding diaryl/α,β-unsaturated/α-hetero) is 1. The fourth-order valence-corrected chi connectivity index (χ4v) is 3.43. The molecule has 0 spiro atoms. The van der Waals surface area contributed by atoms with Crippen molar-refractivity contribution in [3.8, 4) is 11.4 Å². The van der Waals surface area contributed by atoms with Crippen molar-refractivity contribution in [3.63, 3.8) is 0 Å². The second-order valence-electron chi connectivity index (χ2n) is 7.79. The second-order valence-corrected chi connectivity index (χ2v) is 9.68. The Balaban J connectivity index is 2.50. The molecule has 1 unspecified atom stereocenters. The summed E-state index contributed by atoms with van der Waals surface area (Å²) < 4.78 is 66.7. The van der Waals surface area contributed by atoms with Crippen molar-refractivity contribution in [2.24, 2.45) is 5.92 Å². The highest BCUT2D eigenvalue weighted by Gasteiger charge is 2.45.